The third-order valence-corrected chi connectivity index (χ3v) is 5.62. The first kappa shape index (κ1) is 16.3. The first-order valence-electron chi connectivity index (χ1n) is 6.54. The molecule has 21 heavy (non-hydrogen) atoms. The lowest BCUT2D eigenvalue weighted by molar-refractivity contribution is -0.129. The molecule has 0 radical (unpaired) electrons. The van der Waals surface area contributed by atoms with Gasteiger partial charge in [0, 0.05) is 30.7 Å². The van der Waals surface area contributed by atoms with Crippen LogP contribution >= 0.6 is 15.9 Å². The molecule has 0 bridgehead atoms. The van der Waals surface area contributed by atoms with Gasteiger partial charge in [-0.25, -0.2) is 8.42 Å². The Morgan fingerprint density at radius 3 is 2.52 bits per heavy atom. The Balaban J connectivity index is 2.14. The predicted octanol–water partition coefficient (Wildman–Crippen LogP) is 0.579. The second-order valence-electron chi connectivity index (χ2n) is 5.13. The van der Waals surface area contributed by atoms with Gasteiger partial charge < -0.3 is 15.5 Å². The Bertz CT molecular complexity index is 640. The van der Waals surface area contributed by atoms with E-state index >= 15 is 0 Å². The molecule has 0 spiro atoms. The number of halogens is 1. The molecular formula is C13H18BrN3O3S. The van der Waals surface area contributed by atoms with Crippen molar-refractivity contribution in [1.29, 1.82) is 0 Å². The lowest BCUT2D eigenvalue weighted by Gasteiger charge is -2.32. The summed E-state index contributed by atoms with van der Waals surface area (Å²) in [6.45, 7) is 2.62. The van der Waals surface area contributed by atoms with Crippen LogP contribution in [0, 0.1) is 0 Å². The summed E-state index contributed by atoms with van der Waals surface area (Å²) in [5, 5.41) is 0. The summed E-state index contributed by atoms with van der Waals surface area (Å²) < 4.78 is 25.3. The predicted molar refractivity (Wildman–Crippen MR) is 84.7 cm³/mol. The van der Waals surface area contributed by atoms with Crippen molar-refractivity contribution >= 4 is 37.4 Å². The lowest BCUT2D eigenvalue weighted by atomic mass is 10.3. The van der Waals surface area contributed by atoms with Crippen LogP contribution < -0.4 is 5.73 Å². The number of amides is 1. The van der Waals surface area contributed by atoms with Crippen molar-refractivity contribution in [2.24, 2.45) is 0 Å². The molecule has 1 fully saturated rings. The molecule has 1 amide bonds. The minimum atomic E-state index is -3.74. The van der Waals surface area contributed by atoms with Gasteiger partial charge in [-0.15, -0.1) is 0 Å². The number of hydrogen-bond acceptors (Lipinski definition) is 5. The van der Waals surface area contributed by atoms with Gasteiger partial charge in [-0.1, -0.05) is 15.9 Å². The zero-order valence-corrected chi connectivity index (χ0v) is 14.2. The Kier molecular flexibility index (Phi) is 4.90. The van der Waals surface area contributed by atoms with Crippen LogP contribution in [0.4, 0.5) is 5.69 Å². The maximum Gasteiger partial charge on any atom is 0.238 e. The topological polar surface area (TPSA) is 83.7 Å². The number of rotatable bonds is 3. The van der Waals surface area contributed by atoms with E-state index in [-0.39, 0.29) is 16.5 Å². The van der Waals surface area contributed by atoms with Gasteiger partial charge in [-0.05, 0) is 25.2 Å². The maximum atomic E-state index is 12.4. The van der Waals surface area contributed by atoms with Crippen molar-refractivity contribution in [2.45, 2.75) is 4.90 Å². The molecule has 1 aromatic carbocycles. The third-order valence-electron chi connectivity index (χ3n) is 3.48. The molecule has 1 saturated heterocycles. The van der Waals surface area contributed by atoms with Crippen molar-refractivity contribution in [3.05, 3.63) is 22.7 Å². The number of anilines is 1. The number of likely N-dealkylation sites (N-methyl/N-ethyl adjacent to an activating group) is 1. The molecule has 6 nitrogen and oxygen atoms in total. The maximum absolute atomic E-state index is 12.4. The molecule has 0 atom stereocenters. The molecule has 116 valence electrons. The van der Waals surface area contributed by atoms with Crippen molar-refractivity contribution < 1.29 is 13.2 Å². The zero-order valence-electron chi connectivity index (χ0n) is 11.8. The average molecular weight is 376 g/mol. The van der Waals surface area contributed by atoms with Crippen LogP contribution in [0.1, 0.15) is 0 Å². The molecule has 1 heterocycles. The first-order chi connectivity index (χ1) is 9.79. The van der Waals surface area contributed by atoms with Gasteiger partial charge in [0.2, 0.25) is 5.91 Å². The van der Waals surface area contributed by atoms with Gasteiger partial charge in [0.1, 0.15) is 5.75 Å². The van der Waals surface area contributed by atoms with E-state index in [1.807, 2.05) is 7.05 Å². The molecule has 0 aromatic heterocycles. The highest BCUT2D eigenvalue weighted by Gasteiger charge is 2.27. The fourth-order valence-corrected chi connectivity index (χ4v) is 4.07. The van der Waals surface area contributed by atoms with Crippen molar-refractivity contribution in [2.75, 3.05) is 44.7 Å². The Labute approximate surface area is 132 Å². The average Bonchev–Trinajstić information content (AvgIpc) is 2.41. The number of nitrogen functional groups attached to an aromatic ring is 1. The third kappa shape index (κ3) is 3.96. The minimum absolute atomic E-state index is 0.000600. The van der Waals surface area contributed by atoms with Crippen molar-refractivity contribution in [3.8, 4) is 0 Å². The molecule has 1 aromatic rings. The van der Waals surface area contributed by atoms with Gasteiger partial charge in [-0.2, -0.15) is 0 Å². The second kappa shape index (κ2) is 6.33. The second-order valence-corrected chi connectivity index (χ2v) is 8.00. The van der Waals surface area contributed by atoms with Gasteiger partial charge in [0.05, 0.1) is 10.6 Å². The number of piperazine rings is 1. The van der Waals surface area contributed by atoms with E-state index in [0.29, 0.717) is 17.6 Å². The molecule has 0 saturated carbocycles. The Morgan fingerprint density at radius 2 is 1.90 bits per heavy atom. The number of nitrogens with zero attached hydrogens (tertiary/aromatic N) is 2. The molecule has 0 aliphatic carbocycles. The quantitative estimate of drug-likeness (QED) is 0.781. The molecule has 1 aliphatic rings. The molecule has 2 rings (SSSR count). The standard InChI is InChI=1S/C13H18BrN3O3S/c1-16-4-6-17(7-5-16)13(18)9-21(19,20)12-8-10(14)2-3-11(12)15/h2-3,8H,4-7,9,15H2,1H3. The smallest absolute Gasteiger partial charge is 0.238 e. The number of benzene rings is 1. The highest BCUT2D eigenvalue weighted by atomic mass is 79.9. The van der Waals surface area contributed by atoms with Crippen molar-refractivity contribution in [1.82, 2.24) is 9.80 Å². The molecule has 2 N–H and O–H groups in total. The van der Waals surface area contributed by atoms with Crippen LogP contribution in [-0.4, -0.2) is 63.1 Å². The Hall–Kier alpha value is -1.12. The largest absolute Gasteiger partial charge is 0.398 e. The summed E-state index contributed by atoms with van der Waals surface area (Å²) in [6.07, 6.45) is 0. The van der Waals surface area contributed by atoms with Crippen LogP contribution in [0.5, 0.6) is 0 Å². The van der Waals surface area contributed by atoms with Crippen LogP contribution in [0.15, 0.2) is 27.6 Å². The zero-order chi connectivity index (χ0) is 15.6. The summed E-state index contributed by atoms with van der Waals surface area (Å²) in [6, 6.07) is 4.61. The number of sulfone groups is 1. The fraction of sp³-hybridized carbons (Fsp3) is 0.462. The molecule has 1 aliphatic heterocycles. The van der Waals surface area contributed by atoms with Crippen molar-refractivity contribution in [3.63, 3.8) is 0 Å². The number of carbonyl (C=O) groups excluding carboxylic acids is 1. The summed E-state index contributed by atoms with van der Waals surface area (Å²) in [4.78, 5) is 15.9. The number of nitrogens with two attached hydrogens (primary N) is 1. The highest BCUT2D eigenvalue weighted by Crippen LogP contribution is 2.24. The van der Waals surface area contributed by atoms with Gasteiger partial charge >= 0.3 is 0 Å². The molecule has 0 unspecified atom stereocenters. The van der Waals surface area contributed by atoms with E-state index in [2.05, 4.69) is 20.8 Å². The summed E-state index contributed by atoms with van der Waals surface area (Å²) in [5.74, 6) is -0.917. The minimum Gasteiger partial charge on any atom is -0.398 e. The summed E-state index contributed by atoms with van der Waals surface area (Å²) >= 11 is 3.22. The SMILES string of the molecule is CN1CCN(C(=O)CS(=O)(=O)c2cc(Br)ccc2N)CC1. The van der Waals surface area contributed by atoms with E-state index in [9.17, 15) is 13.2 Å². The van der Waals surface area contributed by atoms with E-state index in [1.54, 1.807) is 11.0 Å². The van der Waals surface area contributed by atoms with Crippen LogP contribution in [0.25, 0.3) is 0 Å². The van der Waals surface area contributed by atoms with Gasteiger partial charge in [0.25, 0.3) is 0 Å². The van der Waals surface area contributed by atoms with Crippen LogP contribution in [0.2, 0.25) is 0 Å². The fourth-order valence-electron chi connectivity index (χ4n) is 2.16. The lowest BCUT2D eigenvalue weighted by Crippen LogP contribution is -2.48. The monoisotopic (exact) mass is 375 g/mol. The van der Waals surface area contributed by atoms with Crippen LogP contribution in [0.3, 0.4) is 0 Å². The van der Waals surface area contributed by atoms with E-state index in [1.165, 1.54) is 12.1 Å². The van der Waals surface area contributed by atoms with Gasteiger partial charge in [-0.3, -0.25) is 4.79 Å². The summed E-state index contributed by atoms with van der Waals surface area (Å²) in [7, 11) is -1.76. The Morgan fingerprint density at radius 1 is 1.29 bits per heavy atom. The van der Waals surface area contributed by atoms with E-state index < -0.39 is 15.6 Å². The number of carbonyl (C=O) groups is 1. The summed E-state index contributed by atoms with van der Waals surface area (Å²) in [5.41, 5.74) is 5.87. The van der Waals surface area contributed by atoms with Gasteiger partial charge in [0.15, 0.2) is 9.84 Å². The normalized spacial score (nSPS) is 17.0. The first-order valence-corrected chi connectivity index (χ1v) is 8.98. The van der Waals surface area contributed by atoms with Crippen LogP contribution in [-0.2, 0) is 14.6 Å². The number of hydrogen-bond donors (Lipinski definition) is 1. The highest BCUT2D eigenvalue weighted by molar-refractivity contribution is 9.10. The van der Waals surface area contributed by atoms with E-state index in [4.69, 9.17) is 5.73 Å². The molecule has 8 heteroatoms. The van der Waals surface area contributed by atoms with E-state index in [0.717, 1.165) is 13.1 Å². The molecular weight excluding hydrogens is 358 g/mol.